The molecule has 1 rings (SSSR count). The van der Waals surface area contributed by atoms with Crippen molar-refractivity contribution < 1.29 is 14.3 Å². The maximum Gasteiger partial charge on any atom is 0.257 e. The molecule has 5 heteroatoms. The minimum absolute atomic E-state index is 0.0326. The molecular weight excluding hydrogens is 268 g/mol. The zero-order valence-corrected chi connectivity index (χ0v) is 13.1. The molecule has 5 nitrogen and oxygen atoms in total. The average molecular weight is 294 g/mol. The Balaban J connectivity index is 2.59. The molecule has 0 atom stereocenters. The predicted octanol–water partition coefficient (Wildman–Crippen LogP) is 2.09. The molecule has 3 N–H and O–H groups in total. The third-order valence-electron chi connectivity index (χ3n) is 2.97. The monoisotopic (exact) mass is 294 g/mol. The van der Waals surface area contributed by atoms with Crippen molar-refractivity contribution in [3.8, 4) is 11.5 Å². The summed E-state index contributed by atoms with van der Waals surface area (Å²) >= 11 is 0. The normalized spacial score (nSPS) is 10.5. The quantitative estimate of drug-likeness (QED) is 0.731. The van der Waals surface area contributed by atoms with Crippen molar-refractivity contribution in [3.63, 3.8) is 0 Å². The Labute approximate surface area is 126 Å². The molecule has 0 aliphatic carbocycles. The van der Waals surface area contributed by atoms with E-state index in [1.807, 2.05) is 25.1 Å². The second-order valence-electron chi connectivity index (χ2n) is 5.20. The van der Waals surface area contributed by atoms with Gasteiger partial charge in [0.2, 0.25) is 0 Å². The number of ether oxygens (including phenoxy) is 2. The lowest BCUT2D eigenvalue weighted by Crippen LogP contribution is -2.30. The van der Waals surface area contributed by atoms with E-state index < -0.39 is 0 Å². The van der Waals surface area contributed by atoms with E-state index in [1.54, 1.807) is 0 Å². The van der Waals surface area contributed by atoms with E-state index in [0.29, 0.717) is 37.1 Å². The smallest absolute Gasteiger partial charge is 0.257 e. The Morgan fingerprint density at radius 2 is 2.10 bits per heavy atom. The molecule has 0 unspecified atom stereocenters. The largest absolute Gasteiger partial charge is 0.490 e. The Morgan fingerprint density at radius 3 is 2.71 bits per heavy atom. The zero-order valence-electron chi connectivity index (χ0n) is 13.1. The van der Waals surface area contributed by atoms with Crippen molar-refractivity contribution in [3.05, 3.63) is 23.8 Å². The number of hydrogen-bond acceptors (Lipinski definition) is 4. The van der Waals surface area contributed by atoms with Crippen molar-refractivity contribution in [2.24, 2.45) is 11.7 Å². The minimum Gasteiger partial charge on any atom is -0.490 e. The highest BCUT2D eigenvalue weighted by Crippen LogP contribution is 2.31. The molecule has 0 saturated heterocycles. The van der Waals surface area contributed by atoms with Gasteiger partial charge in [-0.2, -0.15) is 0 Å². The van der Waals surface area contributed by atoms with Crippen LogP contribution in [0.4, 0.5) is 0 Å². The molecule has 1 aromatic rings. The number of nitrogens with one attached hydrogen (secondary N) is 1. The van der Waals surface area contributed by atoms with E-state index in [2.05, 4.69) is 19.2 Å². The summed E-state index contributed by atoms with van der Waals surface area (Å²) < 4.78 is 11.1. The van der Waals surface area contributed by atoms with Crippen LogP contribution in [0.1, 0.15) is 32.8 Å². The Kier molecular flexibility index (Phi) is 7.61. The van der Waals surface area contributed by atoms with E-state index in [1.165, 1.54) is 0 Å². The highest BCUT2D eigenvalue weighted by Gasteiger charge is 2.12. The maximum atomic E-state index is 11.8. The van der Waals surface area contributed by atoms with E-state index >= 15 is 0 Å². The number of hydrogen-bond donors (Lipinski definition) is 2. The second kappa shape index (κ2) is 9.23. The molecule has 0 saturated carbocycles. The SMILES string of the molecule is CCOc1cccc(CN)c1OCC(=O)NCCC(C)C. The van der Waals surface area contributed by atoms with Gasteiger partial charge in [-0.3, -0.25) is 4.79 Å². The van der Waals surface area contributed by atoms with Gasteiger partial charge in [-0.1, -0.05) is 26.0 Å². The minimum atomic E-state index is -0.134. The van der Waals surface area contributed by atoms with Gasteiger partial charge in [-0.05, 0) is 25.3 Å². The molecule has 0 aliphatic heterocycles. The summed E-state index contributed by atoms with van der Waals surface area (Å²) in [4.78, 5) is 11.8. The number of para-hydroxylation sites is 1. The summed E-state index contributed by atoms with van der Waals surface area (Å²) in [6.07, 6.45) is 0.954. The Hall–Kier alpha value is -1.75. The molecule has 118 valence electrons. The van der Waals surface area contributed by atoms with Gasteiger partial charge in [-0.15, -0.1) is 0 Å². The fourth-order valence-electron chi connectivity index (χ4n) is 1.84. The van der Waals surface area contributed by atoms with E-state index in [-0.39, 0.29) is 12.5 Å². The fraction of sp³-hybridized carbons (Fsp3) is 0.562. The van der Waals surface area contributed by atoms with Gasteiger partial charge in [-0.25, -0.2) is 0 Å². The van der Waals surface area contributed by atoms with Crippen molar-refractivity contribution in [2.75, 3.05) is 19.8 Å². The zero-order chi connectivity index (χ0) is 15.7. The predicted molar refractivity (Wildman–Crippen MR) is 83.5 cm³/mol. The first-order valence-electron chi connectivity index (χ1n) is 7.42. The van der Waals surface area contributed by atoms with Crippen LogP contribution in [0.3, 0.4) is 0 Å². The van der Waals surface area contributed by atoms with Crippen LogP contribution in [0.5, 0.6) is 11.5 Å². The molecular formula is C16H26N2O3. The molecule has 1 amide bonds. The van der Waals surface area contributed by atoms with Gasteiger partial charge in [0.25, 0.3) is 5.91 Å². The Bertz CT molecular complexity index is 447. The summed E-state index contributed by atoms with van der Waals surface area (Å²) in [6, 6.07) is 5.55. The first-order valence-corrected chi connectivity index (χ1v) is 7.42. The van der Waals surface area contributed by atoms with Gasteiger partial charge in [0, 0.05) is 18.7 Å². The number of carbonyl (C=O) groups excluding carboxylic acids is 1. The van der Waals surface area contributed by atoms with E-state index in [9.17, 15) is 4.79 Å². The topological polar surface area (TPSA) is 73.6 Å². The third kappa shape index (κ3) is 6.04. The molecule has 0 aromatic heterocycles. The molecule has 0 spiro atoms. The highest BCUT2D eigenvalue weighted by atomic mass is 16.5. The van der Waals surface area contributed by atoms with Crippen molar-refractivity contribution in [1.82, 2.24) is 5.32 Å². The molecule has 21 heavy (non-hydrogen) atoms. The van der Waals surface area contributed by atoms with Crippen LogP contribution in [0, 0.1) is 5.92 Å². The molecule has 0 aliphatic rings. The maximum absolute atomic E-state index is 11.8. The lowest BCUT2D eigenvalue weighted by atomic mass is 10.1. The summed E-state index contributed by atoms with van der Waals surface area (Å²) in [5, 5.41) is 2.84. The summed E-state index contributed by atoms with van der Waals surface area (Å²) in [6.45, 7) is 7.64. The number of benzene rings is 1. The number of rotatable bonds is 9. The van der Waals surface area contributed by atoms with Crippen LogP contribution < -0.4 is 20.5 Å². The average Bonchev–Trinajstić information content (AvgIpc) is 2.45. The first-order chi connectivity index (χ1) is 10.1. The second-order valence-corrected chi connectivity index (χ2v) is 5.20. The molecule has 0 bridgehead atoms. The number of nitrogens with two attached hydrogens (primary N) is 1. The van der Waals surface area contributed by atoms with Crippen LogP contribution >= 0.6 is 0 Å². The summed E-state index contributed by atoms with van der Waals surface area (Å²) in [7, 11) is 0. The molecule has 1 aromatic carbocycles. The summed E-state index contributed by atoms with van der Waals surface area (Å²) in [5.74, 6) is 1.61. The standard InChI is InChI=1S/C16H26N2O3/c1-4-20-14-7-5-6-13(10-17)16(14)21-11-15(19)18-9-8-12(2)3/h5-7,12H,4,8-11,17H2,1-3H3,(H,18,19). The third-order valence-corrected chi connectivity index (χ3v) is 2.97. The Morgan fingerprint density at radius 1 is 1.33 bits per heavy atom. The fourth-order valence-corrected chi connectivity index (χ4v) is 1.84. The van der Waals surface area contributed by atoms with Gasteiger partial charge in [0.1, 0.15) is 0 Å². The highest BCUT2D eigenvalue weighted by molar-refractivity contribution is 5.77. The van der Waals surface area contributed by atoms with Crippen LogP contribution in [0.2, 0.25) is 0 Å². The van der Waals surface area contributed by atoms with E-state index in [0.717, 1.165) is 12.0 Å². The van der Waals surface area contributed by atoms with Crippen LogP contribution in [-0.2, 0) is 11.3 Å². The van der Waals surface area contributed by atoms with Crippen molar-refractivity contribution >= 4 is 5.91 Å². The van der Waals surface area contributed by atoms with Gasteiger partial charge >= 0.3 is 0 Å². The van der Waals surface area contributed by atoms with Gasteiger partial charge in [0.15, 0.2) is 18.1 Å². The first kappa shape index (κ1) is 17.3. The van der Waals surface area contributed by atoms with E-state index in [4.69, 9.17) is 15.2 Å². The lowest BCUT2D eigenvalue weighted by molar-refractivity contribution is -0.123. The molecule has 0 fully saturated rings. The van der Waals surface area contributed by atoms with Gasteiger partial charge < -0.3 is 20.5 Å². The van der Waals surface area contributed by atoms with Crippen LogP contribution in [-0.4, -0.2) is 25.7 Å². The molecule has 0 radical (unpaired) electrons. The van der Waals surface area contributed by atoms with Crippen molar-refractivity contribution in [1.29, 1.82) is 0 Å². The number of amides is 1. The van der Waals surface area contributed by atoms with Crippen LogP contribution in [0.15, 0.2) is 18.2 Å². The van der Waals surface area contributed by atoms with Crippen molar-refractivity contribution in [2.45, 2.75) is 33.7 Å². The molecule has 0 heterocycles. The van der Waals surface area contributed by atoms with Crippen LogP contribution in [0.25, 0.3) is 0 Å². The lowest BCUT2D eigenvalue weighted by Gasteiger charge is -2.15. The van der Waals surface area contributed by atoms with Gasteiger partial charge in [0.05, 0.1) is 6.61 Å². The number of carbonyl (C=O) groups is 1. The summed E-state index contributed by atoms with van der Waals surface area (Å²) in [5.41, 5.74) is 6.53.